The van der Waals surface area contributed by atoms with Crippen molar-refractivity contribution in [1.82, 2.24) is 15.1 Å². The Morgan fingerprint density at radius 2 is 2.12 bits per heavy atom. The van der Waals surface area contributed by atoms with Crippen LogP contribution < -0.4 is 4.90 Å². The van der Waals surface area contributed by atoms with Crippen molar-refractivity contribution in [2.45, 2.75) is 18.9 Å². The molecule has 26 heavy (non-hydrogen) atoms. The minimum Gasteiger partial charge on any atom is -0.339 e. The highest BCUT2D eigenvalue weighted by Crippen LogP contribution is 2.39. The van der Waals surface area contributed by atoms with Crippen LogP contribution in [-0.4, -0.2) is 26.6 Å². The Balaban J connectivity index is 1.68. The summed E-state index contributed by atoms with van der Waals surface area (Å²) in [6.45, 7) is 0.648. The topological polar surface area (TPSA) is 98.2 Å². The molecule has 1 aromatic carbocycles. The lowest BCUT2D eigenvalue weighted by Gasteiger charge is -2.22. The molecule has 132 valence electrons. The van der Waals surface area contributed by atoms with Gasteiger partial charge in [-0.2, -0.15) is 4.98 Å². The Kier molecular flexibility index (Phi) is 4.37. The quantitative estimate of drug-likeness (QED) is 0.466. The van der Waals surface area contributed by atoms with E-state index >= 15 is 0 Å². The zero-order valence-corrected chi connectivity index (χ0v) is 15.2. The van der Waals surface area contributed by atoms with Gasteiger partial charge in [0.2, 0.25) is 17.5 Å². The average Bonchev–Trinajstić information content (AvgIpc) is 3.31. The predicted molar refractivity (Wildman–Crippen MR) is 97.6 cm³/mol. The summed E-state index contributed by atoms with van der Waals surface area (Å²) in [7, 11) is 0. The van der Waals surface area contributed by atoms with Crippen LogP contribution >= 0.6 is 15.9 Å². The van der Waals surface area contributed by atoms with Crippen LogP contribution in [0.1, 0.15) is 24.8 Å². The van der Waals surface area contributed by atoms with Crippen molar-refractivity contribution in [1.29, 1.82) is 0 Å². The molecule has 0 saturated carbocycles. The van der Waals surface area contributed by atoms with Gasteiger partial charge in [-0.05, 0) is 31.0 Å². The summed E-state index contributed by atoms with van der Waals surface area (Å²) in [6.07, 6.45) is 3.19. The Labute approximate surface area is 157 Å². The number of halogens is 1. The molecule has 0 N–H and O–H groups in total. The molecule has 3 aromatic rings. The molecule has 2 aromatic heterocycles. The molecule has 1 aliphatic heterocycles. The summed E-state index contributed by atoms with van der Waals surface area (Å²) >= 11 is 3.48. The van der Waals surface area contributed by atoms with Gasteiger partial charge in [0, 0.05) is 28.8 Å². The zero-order chi connectivity index (χ0) is 18.1. The van der Waals surface area contributed by atoms with E-state index in [0.29, 0.717) is 24.1 Å². The highest BCUT2D eigenvalue weighted by Gasteiger charge is 2.35. The van der Waals surface area contributed by atoms with Crippen molar-refractivity contribution in [3.8, 4) is 11.4 Å². The van der Waals surface area contributed by atoms with Crippen molar-refractivity contribution in [3.05, 3.63) is 63.1 Å². The maximum Gasteiger partial charge on any atom is 0.311 e. The fraction of sp³-hybridized carbons (Fsp3) is 0.235. The van der Waals surface area contributed by atoms with Crippen LogP contribution in [0.5, 0.6) is 0 Å². The second kappa shape index (κ2) is 6.83. The summed E-state index contributed by atoms with van der Waals surface area (Å²) in [4.78, 5) is 21.5. The van der Waals surface area contributed by atoms with Crippen molar-refractivity contribution < 1.29 is 9.45 Å². The molecule has 1 aliphatic rings. The van der Waals surface area contributed by atoms with Gasteiger partial charge in [-0.1, -0.05) is 33.2 Å². The summed E-state index contributed by atoms with van der Waals surface area (Å²) < 4.78 is 6.36. The lowest BCUT2D eigenvalue weighted by atomic mass is 10.2. The van der Waals surface area contributed by atoms with Gasteiger partial charge in [0.1, 0.15) is 6.04 Å². The van der Waals surface area contributed by atoms with E-state index in [1.54, 1.807) is 12.3 Å². The maximum absolute atomic E-state index is 11.3. The van der Waals surface area contributed by atoms with Crippen LogP contribution in [0.2, 0.25) is 0 Å². The molecule has 1 fully saturated rings. The number of nitro groups is 1. The van der Waals surface area contributed by atoms with Crippen LogP contribution in [0.25, 0.3) is 11.4 Å². The largest absolute Gasteiger partial charge is 0.339 e. The van der Waals surface area contributed by atoms with Crippen molar-refractivity contribution >= 4 is 27.4 Å². The molecule has 3 heterocycles. The van der Waals surface area contributed by atoms with Gasteiger partial charge >= 0.3 is 5.69 Å². The van der Waals surface area contributed by atoms with Gasteiger partial charge in [-0.3, -0.25) is 10.1 Å². The molecule has 0 spiro atoms. The second-order valence-corrected chi connectivity index (χ2v) is 6.75. The van der Waals surface area contributed by atoms with Crippen LogP contribution in [0, 0.1) is 10.1 Å². The van der Waals surface area contributed by atoms with E-state index in [0.717, 1.165) is 22.9 Å². The number of benzene rings is 1. The highest BCUT2D eigenvalue weighted by molar-refractivity contribution is 9.10. The zero-order valence-electron chi connectivity index (χ0n) is 13.6. The van der Waals surface area contributed by atoms with Gasteiger partial charge in [-0.15, -0.1) is 0 Å². The first-order valence-electron chi connectivity index (χ1n) is 8.09. The first kappa shape index (κ1) is 16.6. The van der Waals surface area contributed by atoms with Gasteiger partial charge in [0.15, 0.2) is 0 Å². The van der Waals surface area contributed by atoms with E-state index in [1.165, 1.54) is 6.07 Å². The molecule has 4 rings (SSSR count). The van der Waals surface area contributed by atoms with Gasteiger partial charge < -0.3 is 9.42 Å². The minimum atomic E-state index is -0.419. The Morgan fingerprint density at radius 3 is 2.92 bits per heavy atom. The fourth-order valence-electron chi connectivity index (χ4n) is 3.15. The molecule has 1 unspecified atom stereocenters. The number of aromatic nitrogens is 3. The number of anilines is 1. The summed E-state index contributed by atoms with van der Waals surface area (Å²) in [6, 6.07) is 10.4. The van der Waals surface area contributed by atoms with E-state index in [-0.39, 0.29) is 11.7 Å². The maximum atomic E-state index is 11.3. The normalized spacial score (nSPS) is 16.8. The minimum absolute atomic E-state index is 0.0232. The molecule has 8 nitrogen and oxygen atoms in total. The van der Waals surface area contributed by atoms with Crippen molar-refractivity contribution in [2.75, 3.05) is 11.4 Å². The Hall–Kier alpha value is -2.81. The third-order valence-corrected chi connectivity index (χ3v) is 5.02. The molecule has 0 bridgehead atoms. The number of pyridine rings is 1. The van der Waals surface area contributed by atoms with E-state index in [2.05, 4.69) is 31.1 Å². The molecule has 0 aliphatic carbocycles. The van der Waals surface area contributed by atoms with E-state index < -0.39 is 4.92 Å². The first-order chi connectivity index (χ1) is 12.6. The molecule has 0 amide bonds. The third-order valence-electron chi connectivity index (χ3n) is 4.33. The van der Waals surface area contributed by atoms with Crippen molar-refractivity contribution in [3.63, 3.8) is 0 Å². The van der Waals surface area contributed by atoms with E-state index in [1.807, 2.05) is 29.2 Å². The molecule has 0 radical (unpaired) electrons. The van der Waals surface area contributed by atoms with Crippen LogP contribution in [0.15, 0.2) is 51.6 Å². The molecular formula is C17H14BrN5O3. The molecule has 9 heteroatoms. The average molecular weight is 416 g/mol. The lowest BCUT2D eigenvalue weighted by Crippen LogP contribution is -2.24. The first-order valence-corrected chi connectivity index (χ1v) is 8.89. The molecule has 1 saturated heterocycles. The standard InChI is InChI=1S/C17H14BrN5O3/c18-12-6-2-1-5-11(12)15-20-17(26-21-15)14-8-4-10-22(14)16-13(23(24)25)7-3-9-19-16/h1-3,5-7,9,14H,4,8,10H2. The van der Waals surface area contributed by atoms with Crippen LogP contribution in [-0.2, 0) is 0 Å². The molecule has 1 atom stereocenters. The van der Waals surface area contributed by atoms with Gasteiger partial charge in [0.05, 0.1) is 4.92 Å². The monoisotopic (exact) mass is 415 g/mol. The van der Waals surface area contributed by atoms with Gasteiger partial charge in [0.25, 0.3) is 0 Å². The number of hydrogen-bond acceptors (Lipinski definition) is 7. The predicted octanol–water partition coefficient (Wildman–Crippen LogP) is 4.14. The third kappa shape index (κ3) is 2.94. The Bertz CT molecular complexity index is 961. The highest BCUT2D eigenvalue weighted by atomic mass is 79.9. The number of rotatable bonds is 4. The lowest BCUT2D eigenvalue weighted by molar-refractivity contribution is -0.384. The molecular weight excluding hydrogens is 402 g/mol. The van der Waals surface area contributed by atoms with Gasteiger partial charge in [-0.25, -0.2) is 4.98 Å². The Morgan fingerprint density at radius 1 is 1.27 bits per heavy atom. The summed E-state index contributed by atoms with van der Waals surface area (Å²) in [5, 5.41) is 15.4. The SMILES string of the molecule is O=[N+]([O-])c1cccnc1N1CCCC1c1nc(-c2ccccc2Br)no1. The van der Waals surface area contributed by atoms with E-state index in [4.69, 9.17) is 4.52 Å². The summed E-state index contributed by atoms with van der Waals surface area (Å²) in [5.74, 6) is 1.25. The van der Waals surface area contributed by atoms with Crippen LogP contribution in [0.3, 0.4) is 0 Å². The second-order valence-electron chi connectivity index (χ2n) is 5.89. The van der Waals surface area contributed by atoms with Crippen molar-refractivity contribution in [2.24, 2.45) is 0 Å². The number of hydrogen-bond donors (Lipinski definition) is 0. The fourth-order valence-corrected chi connectivity index (χ4v) is 3.61. The van der Waals surface area contributed by atoms with Crippen LogP contribution in [0.4, 0.5) is 11.5 Å². The smallest absolute Gasteiger partial charge is 0.311 e. The number of nitrogens with zero attached hydrogens (tertiary/aromatic N) is 5. The summed E-state index contributed by atoms with van der Waals surface area (Å²) in [5.41, 5.74) is 0.806. The van der Waals surface area contributed by atoms with E-state index in [9.17, 15) is 10.1 Å².